The average Bonchev–Trinajstić information content (AvgIpc) is 2.58. The maximum Gasteiger partial charge on any atom is 0.257 e. The molecule has 0 fully saturated rings. The van der Waals surface area contributed by atoms with Gasteiger partial charge in [0.05, 0.1) is 24.5 Å². The molecule has 3 rings (SSSR count). The van der Waals surface area contributed by atoms with Crippen molar-refractivity contribution in [2.24, 2.45) is 0 Å². The Kier molecular flexibility index (Phi) is 5.23. The summed E-state index contributed by atoms with van der Waals surface area (Å²) >= 11 is 0. The Bertz CT molecular complexity index is 803. The van der Waals surface area contributed by atoms with Crippen LogP contribution in [0.1, 0.15) is 30.7 Å². The molecule has 2 aromatic rings. The van der Waals surface area contributed by atoms with Gasteiger partial charge in [0.2, 0.25) is 5.95 Å². The molecule has 134 valence electrons. The third-order valence-corrected chi connectivity index (χ3v) is 4.20. The summed E-state index contributed by atoms with van der Waals surface area (Å²) in [5.41, 5.74) is 8.02. The molecule has 0 amide bonds. The first kappa shape index (κ1) is 17.3. The summed E-state index contributed by atoms with van der Waals surface area (Å²) in [6.45, 7) is 7.19. The minimum Gasteiger partial charge on any atom is -0.494 e. The number of nitrogen functional groups attached to an aromatic ring is 1. The molecule has 0 unspecified atom stereocenters. The maximum atomic E-state index is 12.1. The van der Waals surface area contributed by atoms with Crippen molar-refractivity contribution < 1.29 is 9.47 Å². The molecular formula is C18H24N4O3. The molecule has 25 heavy (non-hydrogen) atoms. The SMILES string of the molecule is CCOc1ccc(OCC)c(CN2CCc3nc(N)[nH]c(=O)c3C2)c1. The van der Waals surface area contributed by atoms with Crippen LogP contribution in [-0.2, 0) is 19.5 Å². The van der Waals surface area contributed by atoms with Crippen LogP contribution in [0.5, 0.6) is 11.5 Å². The van der Waals surface area contributed by atoms with Crippen molar-refractivity contribution in [2.45, 2.75) is 33.4 Å². The van der Waals surface area contributed by atoms with Gasteiger partial charge in [0.15, 0.2) is 0 Å². The second-order valence-corrected chi connectivity index (χ2v) is 5.97. The summed E-state index contributed by atoms with van der Waals surface area (Å²) in [5, 5.41) is 0. The van der Waals surface area contributed by atoms with E-state index in [9.17, 15) is 4.79 Å². The predicted octanol–water partition coefficient (Wildman–Crippen LogP) is 1.71. The summed E-state index contributed by atoms with van der Waals surface area (Å²) in [6.07, 6.45) is 0.707. The molecule has 7 heteroatoms. The Labute approximate surface area is 146 Å². The van der Waals surface area contributed by atoms with Gasteiger partial charge in [0, 0.05) is 31.6 Å². The fourth-order valence-corrected chi connectivity index (χ4v) is 3.11. The average molecular weight is 344 g/mol. The van der Waals surface area contributed by atoms with E-state index in [1.54, 1.807) is 0 Å². The molecule has 0 spiro atoms. The lowest BCUT2D eigenvalue weighted by molar-refractivity contribution is 0.235. The van der Waals surface area contributed by atoms with Gasteiger partial charge in [-0.2, -0.15) is 0 Å². The molecule has 1 aliphatic heterocycles. The molecule has 3 N–H and O–H groups in total. The smallest absolute Gasteiger partial charge is 0.257 e. The summed E-state index contributed by atoms with van der Waals surface area (Å²) in [5.74, 6) is 1.85. The fourth-order valence-electron chi connectivity index (χ4n) is 3.11. The van der Waals surface area contributed by atoms with Gasteiger partial charge in [0.25, 0.3) is 5.56 Å². The molecule has 7 nitrogen and oxygen atoms in total. The molecule has 0 bridgehead atoms. The number of hydrogen-bond donors (Lipinski definition) is 2. The van der Waals surface area contributed by atoms with Crippen molar-refractivity contribution in [2.75, 3.05) is 25.5 Å². The number of ether oxygens (including phenoxy) is 2. The molecule has 0 saturated heterocycles. The van der Waals surface area contributed by atoms with Crippen molar-refractivity contribution in [3.63, 3.8) is 0 Å². The third kappa shape index (κ3) is 3.93. The van der Waals surface area contributed by atoms with Crippen LogP contribution in [0, 0.1) is 0 Å². The van der Waals surface area contributed by atoms with Gasteiger partial charge in [0.1, 0.15) is 11.5 Å². The molecule has 1 aromatic heterocycles. The number of hydrogen-bond acceptors (Lipinski definition) is 6. The quantitative estimate of drug-likeness (QED) is 0.828. The van der Waals surface area contributed by atoms with Crippen LogP contribution in [0.3, 0.4) is 0 Å². The van der Waals surface area contributed by atoms with E-state index in [2.05, 4.69) is 14.9 Å². The standard InChI is InChI=1S/C18H24N4O3/c1-3-24-13-5-6-16(25-4-2)12(9-13)10-22-8-7-15-14(11-22)17(23)21-18(19)20-15/h5-6,9H,3-4,7-8,10-11H2,1-2H3,(H3,19,20,21,23). The highest BCUT2D eigenvalue weighted by Crippen LogP contribution is 2.27. The predicted molar refractivity (Wildman–Crippen MR) is 95.9 cm³/mol. The minimum atomic E-state index is -0.153. The monoisotopic (exact) mass is 344 g/mol. The van der Waals surface area contributed by atoms with E-state index in [0.29, 0.717) is 38.3 Å². The van der Waals surface area contributed by atoms with Crippen LogP contribution in [0.25, 0.3) is 0 Å². The van der Waals surface area contributed by atoms with E-state index >= 15 is 0 Å². The van der Waals surface area contributed by atoms with Crippen LogP contribution in [0.4, 0.5) is 5.95 Å². The van der Waals surface area contributed by atoms with Crippen molar-refractivity contribution >= 4 is 5.95 Å². The van der Waals surface area contributed by atoms with Crippen LogP contribution in [0.2, 0.25) is 0 Å². The van der Waals surface area contributed by atoms with Gasteiger partial charge in [-0.1, -0.05) is 0 Å². The number of nitrogens with one attached hydrogen (secondary N) is 1. The van der Waals surface area contributed by atoms with Gasteiger partial charge in [-0.25, -0.2) is 4.98 Å². The third-order valence-electron chi connectivity index (χ3n) is 4.20. The number of benzene rings is 1. The van der Waals surface area contributed by atoms with Crippen LogP contribution in [-0.4, -0.2) is 34.6 Å². The Morgan fingerprint density at radius 2 is 2.08 bits per heavy atom. The minimum absolute atomic E-state index is 0.153. The lowest BCUT2D eigenvalue weighted by atomic mass is 10.1. The summed E-state index contributed by atoms with van der Waals surface area (Å²) < 4.78 is 11.3. The van der Waals surface area contributed by atoms with Crippen LogP contribution < -0.4 is 20.8 Å². The number of rotatable bonds is 6. The Morgan fingerprint density at radius 3 is 2.84 bits per heavy atom. The van der Waals surface area contributed by atoms with E-state index in [1.807, 2.05) is 32.0 Å². The number of aromatic nitrogens is 2. The zero-order chi connectivity index (χ0) is 17.8. The number of anilines is 1. The highest BCUT2D eigenvalue weighted by Gasteiger charge is 2.22. The van der Waals surface area contributed by atoms with Gasteiger partial charge in [-0.15, -0.1) is 0 Å². The number of fused-ring (bicyclic) bond motifs is 1. The van der Waals surface area contributed by atoms with Crippen LogP contribution >= 0.6 is 0 Å². The first-order chi connectivity index (χ1) is 12.1. The molecule has 0 aliphatic carbocycles. The first-order valence-corrected chi connectivity index (χ1v) is 8.59. The van der Waals surface area contributed by atoms with E-state index < -0.39 is 0 Å². The Balaban J connectivity index is 1.82. The van der Waals surface area contributed by atoms with Gasteiger partial charge in [-0.05, 0) is 32.0 Å². The van der Waals surface area contributed by atoms with Crippen LogP contribution in [0.15, 0.2) is 23.0 Å². The molecule has 0 radical (unpaired) electrons. The highest BCUT2D eigenvalue weighted by atomic mass is 16.5. The molecule has 1 aliphatic rings. The highest BCUT2D eigenvalue weighted by molar-refractivity contribution is 5.40. The van der Waals surface area contributed by atoms with Crippen molar-refractivity contribution in [1.29, 1.82) is 0 Å². The molecule has 0 atom stereocenters. The molecule has 0 saturated carbocycles. The molecule has 1 aromatic carbocycles. The topological polar surface area (TPSA) is 93.5 Å². The Hall–Kier alpha value is -2.54. The second kappa shape index (κ2) is 7.57. The molecular weight excluding hydrogens is 320 g/mol. The van der Waals surface area contributed by atoms with Gasteiger partial charge in [-0.3, -0.25) is 14.7 Å². The summed E-state index contributed by atoms with van der Waals surface area (Å²) in [6, 6.07) is 5.87. The number of nitrogens with two attached hydrogens (primary N) is 1. The second-order valence-electron chi connectivity index (χ2n) is 5.97. The maximum absolute atomic E-state index is 12.1. The van der Waals surface area contributed by atoms with E-state index in [0.717, 1.165) is 29.3 Å². The lowest BCUT2D eigenvalue weighted by Crippen LogP contribution is -2.35. The zero-order valence-electron chi connectivity index (χ0n) is 14.7. The summed E-state index contributed by atoms with van der Waals surface area (Å²) in [7, 11) is 0. The van der Waals surface area contributed by atoms with Crippen molar-refractivity contribution in [3.05, 3.63) is 45.4 Å². The van der Waals surface area contributed by atoms with E-state index in [4.69, 9.17) is 15.2 Å². The number of nitrogens with zero attached hydrogens (tertiary/aromatic N) is 2. The van der Waals surface area contributed by atoms with Crippen molar-refractivity contribution in [1.82, 2.24) is 14.9 Å². The Morgan fingerprint density at radius 1 is 1.28 bits per heavy atom. The fraction of sp³-hybridized carbons (Fsp3) is 0.444. The zero-order valence-corrected chi connectivity index (χ0v) is 14.7. The number of H-pyrrole nitrogens is 1. The first-order valence-electron chi connectivity index (χ1n) is 8.59. The van der Waals surface area contributed by atoms with Gasteiger partial charge < -0.3 is 15.2 Å². The van der Waals surface area contributed by atoms with Gasteiger partial charge >= 0.3 is 0 Å². The lowest BCUT2D eigenvalue weighted by Gasteiger charge is -2.28. The van der Waals surface area contributed by atoms with E-state index in [-0.39, 0.29) is 11.5 Å². The van der Waals surface area contributed by atoms with E-state index in [1.165, 1.54) is 0 Å². The summed E-state index contributed by atoms with van der Waals surface area (Å²) in [4.78, 5) is 21.2. The normalized spacial score (nSPS) is 14.2. The van der Waals surface area contributed by atoms with Crippen molar-refractivity contribution in [3.8, 4) is 11.5 Å². The number of aromatic amines is 1. The largest absolute Gasteiger partial charge is 0.494 e. The molecule has 2 heterocycles.